The van der Waals surface area contributed by atoms with E-state index in [-0.39, 0.29) is 5.75 Å². The number of rotatable bonds is 2. The Bertz CT molecular complexity index is 1440. The lowest BCUT2D eigenvalue weighted by molar-refractivity contribution is 0.0164. The predicted molar refractivity (Wildman–Crippen MR) is 131 cm³/mol. The van der Waals surface area contributed by atoms with Gasteiger partial charge in [-0.05, 0) is 67.8 Å². The van der Waals surface area contributed by atoms with Gasteiger partial charge in [-0.2, -0.15) is 8.78 Å². The molecule has 1 unspecified atom stereocenters. The minimum Gasteiger partial charge on any atom is -0.452 e. The van der Waals surface area contributed by atoms with Crippen molar-refractivity contribution in [2.75, 3.05) is 12.4 Å². The number of pyridine rings is 2. The van der Waals surface area contributed by atoms with Crippen LogP contribution in [-0.2, 0) is 10.3 Å². The van der Waals surface area contributed by atoms with Gasteiger partial charge in [0.05, 0.1) is 17.9 Å². The number of benzene rings is 1. The van der Waals surface area contributed by atoms with Crippen molar-refractivity contribution in [1.82, 2.24) is 9.97 Å². The summed E-state index contributed by atoms with van der Waals surface area (Å²) in [5, 5.41) is 0.395. The van der Waals surface area contributed by atoms with Crippen LogP contribution in [0.4, 0.5) is 8.78 Å². The SMILES string of the molecule is CC1(C)C=C(c2cc3c(c(F)n2)Oc2ccc(-c4cccnc4F)cc2C32CSC(N)=N2)CCO1. The van der Waals surface area contributed by atoms with Crippen molar-refractivity contribution >= 4 is 22.5 Å². The molecular weight excluding hydrogens is 470 g/mol. The molecule has 0 radical (unpaired) electrons. The number of nitrogens with two attached hydrogens (primary N) is 1. The summed E-state index contributed by atoms with van der Waals surface area (Å²) in [5.74, 6) is -0.357. The lowest BCUT2D eigenvalue weighted by Gasteiger charge is -2.35. The molecule has 0 fully saturated rings. The number of hydrogen-bond donors (Lipinski definition) is 1. The highest BCUT2D eigenvalue weighted by Crippen LogP contribution is 2.54. The summed E-state index contributed by atoms with van der Waals surface area (Å²) in [6.07, 6.45) is 3.99. The molecule has 3 aromatic rings. The van der Waals surface area contributed by atoms with Gasteiger partial charge in [0.15, 0.2) is 10.9 Å². The van der Waals surface area contributed by atoms with E-state index >= 15 is 4.39 Å². The third-order valence-corrected chi connectivity index (χ3v) is 7.46. The summed E-state index contributed by atoms with van der Waals surface area (Å²) >= 11 is 1.39. The number of aromatic nitrogens is 2. The number of hydrogen-bond acceptors (Lipinski definition) is 7. The van der Waals surface area contributed by atoms with Gasteiger partial charge < -0.3 is 15.2 Å². The maximum Gasteiger partial charge on any atom is 0.256 e. The zero-order valence-corrected chi connectivity index (χ0v) is 20.0. The van der Waals surface area contributed by atoms with Crippen LogP contribution in [0.15, 0.2) is 53.7 Å². The Labute approximate surface area is 205 Å². The molecule has 1 aromatic carbocycles. The number of fused-ring (bicyclic) bond motifs is 4. The van der Waals surface area contributed by atoms with E-state index in [0.717, 1.165) is 5.57 Å². The van der Waals surface area contributed by atoms with Gasteiger partial charge in [-0.15, -0.1) is 0 Å². The smallest absolute Gasteiger partial charge is 0.256 e. The summed E-state index contributed by atoms with van der Waals surface area (Å²) in [7, 11) is 0. The summed E-state index contributed by atoms with van der Waals surface area (Å²) in [6.45, 7) is 4.43. The first-order valence-corrected chi connectivity index (χ1v) is 12.2. The average molecular weight is 493 g/mol. The molecule has 1 atom stereocenters. The van der Waals surface area contributed by atoms with E-state index in [4.69, 9.17) is 20.2 Å². The zero-order valence-electron chi connectivity index (χ0n) is 19.1. The van der Waals surface area contributed by atoms with Crippen LogP contribution >= 0.6 is 11.8 Å². The Balaban J connectivity index is 1.56. The Morgan fingerprint density at radius 2 is 1.94 bits per heavy atom. The number of aliphatic imine (C=N–C) groups is 1. The number of nitrogens with zero attached hydrogens (tertiary/aromatic N) is 3. The first kappa shape index (κ1) is 22.2. The second kappa shape index (κ2) is 7.86. The van der Waals surface area contributed by atoms with E-state index in [1.54, 1.807) is 24.3 Å². The molecule has 0 bridgehead atoms. The maximum absolute atomic E-state index is 15.5. The van der Waals surface area contributed by atoms with Gasteiger partial charge in [-0.25, -0.2) is 15.0 Å². The predicted octanol–water partition coefficient (Wildman–Crippen LogP) is 5.41. The quantitative estimate of drug-likeness (QED) is 0.482. The Hall–Kier alpha value is -3.30. The lowest BCUT2D eigenvalue weighted by atomic mass is 9.80. The molecule has 1 spiro atoms. The average Bonchev–Trinajstić information content (AvgIpc) is 3.21. The second-order valence-electron chi connectivity index (χ2n) is 9.30. The van der Waals surface area contributed by atoms with Crippen molar-refractivity contribution in [3.63, 3.8) is 0 Å². The molecule has 2 N–H and O–H groups in total. The minimum absolute atomic E-state index is 0.0347. The fourth-order valence-electron chi connectivity index (χ4n) is 4.90. The summed E-state index contributed by atoms with van der Waals surface area (Å²) in [4.78, 5) is 12.8. The van der Waals surface area contributed by atoms with Crippen LogP contribution < -0.4 is 10.5 Å². The summed E-state index contributed by atoms with van der Waals surface area (Å²) < 4.78 is 41.8. The van der Waals surface area contributed by atoms with Gasteiger partial charge >= 0.3 is 0 Å². The van der Waals surface area contributed by atoms with E-state index in [1.807, 2.05) is 32.1 Å². The third-order valence-electron chi connectivity index (χ3n) is 6.51. The molecule has 0 saturated carbocycles. The number of halogens is 2. The van der Waals surface area contributed by atoms with E-state index in [2.05, 4.69) is 9.97 Å². The molecule has 35 heavy (non-hydrogen) atoms. The van der Waals surface area contributed by atoms with Gasteiger partial charge in [-0.3, -0.25) is 0 Å². The highest BCUT2D eigenvalue weighted by Gasteiger charge is 2.47. The van der Waals surface area contributed by atoms with Crippen LogP contribution in [-0.4, -0.2) is 33.1 Å². The maximum atomic E-state index is 15.5. The third kappa shape index (κ3) is 3.61. The van der Waals surface area contributed by atoms with E-state index in [0.29, 0.717) is 57.6 Å². The molecule has 178 valence electrons. The molecule has 9 heteroatoms. The number of thioether (sulfide) groups is 1. The van der Waals surface area contributed by atoms with Crippen molar-refractivity contribution < 1.29 is 18.3 Å². The molecule has 0 aliphatic carbocycles. The summed E-state index contributed by atoms with van der Waals surface area (Å²) in [5.41, 5.74) is 8.31. The molecule has 5 heterocycles. The molecule has 3 aliphatic rings. The molecule has 0 amide bonds. The molecule has 2 aromatic heterocycles. The Morgan fingerprint density at radius 1 is 1.09 bits per heavy atom. The topological polar surface area (TPSA) is 82.6 Å². The van der Waals surface area contributed by atoms with Crippen LogP contribution in [0.1, 0.15) is 37.1 Å². The first-order valence-electron chi connectivity index (χ1n) is 11.2. The molecular formula is C26H22F2N4O2S. The largest absolute Gasteiger partial charge is 0.452 e. The van der Waals surface area contributed by atoms with E-state index < -0.39 is 23.0 Å². The van der Waals surface area contributed by atoms with Crippen LogP contribution in [0.2, 0.25) is 0 Å². The zero-order chi connectivity index (χ0) is 24.4. The summed E-state index contributed by atoms with van der Waals surface area (Å²) in [6, 6.07) is 10.4. The Morgan fingerprint density at radius 3 is 2.69 bits per heavy atom. The highest BCUT2D eigenvalue weighted by molar-refractivity contribution is 8.14. The fraction of sp³-hybridized carbons (Fsp3) is 0.269. The standard InChI is InChI=1S/C26H22F2N4O2S/c1-25(2)12-15(7-9-33-25)19-11-18-21(23(28)31-19)34-20-6-5-14(16-4-3-8-30-22(16)27)10-17(20)26(18)13-35-24(29)32-26/h3-6,8,10-12H,7,9,13H2,1-2H3,(H2,29,32). The van der Waals surface area contributed by atoms with Crippen LogP contribution in [0.25, 0.3) is 16.7 Å². The van der Waals surface area contributed by atoms with Gasteiger partial charge in [0.2, 0.25) is 5.95 Å². The van der Waals surface area contributed by atoms with Crippen LogP contribution in [0.5, 0.6) is 11.5 Å². The lowest BCUT2D eigenvalue weighted by Crippen LogP contribution is -2.31. The monoisotopic (exact) mass is 492 g/mol. The van der Waals surface area contributed by atoms with E-state index in [9.17, 15) is 4.39 Å². The Kier molecular flexibility index (Phi) is 4.98. The van der Waals surface area contributed by atoms with Crippen molar-refractivity contribution in [2.45, 2.75) is 31.4 Å². The van der Waals surface area contributed by atoms with Crippen molar-refractivity contribution in [3.05, 3.63) is 77.4 Å². The van der Waals surface area contributed by atoms with Crippen molar-refractivity contribution in [1.29, 1.82) is 0 Å². The molecule has 0 saturated heterocycles. The molecule has 6 nitrogen and oxygen atoms in total. The minimum atomic E-state index is -0.994. The molecule has 6 rings (SSSR count). The van der Waals surface area contributed by atoms with Crippen molar-refractivity contribution in [2.24, 2.45) is 10.7 Å². The van der Waals surface area contributed by atoms with Gasteiger partial charge in [0, 0.05) is 28.6 Å². The second-order valence-corrected chi connectivity index (χ2v) is 10.3. The fourth-order valence-corrected chi connectivity index (χ4v) is 5.86. The number of amidine groups is 1. The van der Waals surface area contributed by atoms with Gasteiger partial charge in [-0.1, -0.05) is 17.8 Å². The number of ether oxygens (including phenoxy) is 2. The van der Waals surface area contributed by atoms with Gasteiger partial charge in [0.25, 0.3) is 5.95 Å². The van der Waals surface area contributed by atoms with Crippen LogP contribution in [0.3, 0.4) is 0 Å². The molecule has 3 aliphatic heterocycles. The first-order chi connectivity index (χ1) is 16.8. The highest BCUT2D eigenvalue weighted by atomic mass is 32.2. The van der Waals surface area contributed by atoms with Crippen LogP contribution in [0, 0.1) is 11.9 Å². The van der Waals surface area contributed by atoms with E-state index in [1.165, 1.54) is 18.0 Å². The van der Waals surface area contributed by atoms with Gasteiger partial charge in [0.1, 0.15) is 11.3 Å². The normalized spacial score (nSPS) is 22.2. The van der Waals surface area contributed by atoms with Crippen molar-refractivity contribution in [3.8, 4) is 22.6 Å².